The van der Waals surface area contributed by atoms with Crippen molar-refractivity contribution in [2.75, 3.05) is 7.05 Å². The van der Waals surface area contributed by atoms with Gasteiger partial charge in [0.25, 0.3) is 0 Å². The zero-order chi connectivity index (χ0) is 14.9. The van der Waals surface area contributed by atoms with Crippen molar-refractivity contribution in [3.63, 3.8) is 0 Å². The molecule has 20 heavy (non-hydrogen) atoms. The summed E-state index contributed by atoms with van der Waals surface area (Å²) in [7, 11) is 1.68. The molecule has 0 bridgehead atoms. The third kappa shape index (κ3) is 2.58. The van der Waals surface area contributed by atoms with E-state index < -0.39 is 17.7 Å². The second-order valence-corrected chi connectivity index (χ2v) is 5.78. The van der Waals surface area contributed by atoms with E-state index in [1.54, 1.807) is 14.0 Å². The van der Waals surface area contributed by atoms with Gasteiger partial charge in [-0.1, -0.05) is 24.4 Å². The number of hydrogen-bond donors (Lipinski definition) is 1. The summed E-state index contributed by atoms with van der Waals surface area (Å²) in [6.45, 7) is 5.59. The standard InChI is InChI=1S/C14H17F2N3S/c1-7(2)12-14(20-19-18-12)13(17-4)10-9(15)6-5-8(3)11(10)16/h5-7,13,17H,1-4H3. The molecule has 0 aliphatic heterocycles. The molecule has 3 nitrogen and oxygen atoms in total. The molecule has 1 unspecified atom stereocenters. The monoisotopic (exact) mass is 297 g/mol. The first-order valence-corrected chi connectivity index (χ1v) is 7.18. The molecule has 0 radical (unpaired) electrons. The van der Waals surface area contributed by atoms with Crippen LogP contribution in [-0.2, 0) is 0 Å². The Morgan fingerprint density at radius 1 is 1.25 bits per heavy atom. The van der Waals surface area contributed by atoms with E-state index in [0.29, 0.717) is 5.56 Å². The van der Waals surface area contributed by atoms with E-state index in [1.807, 2.05) is 13.8 Å². The first-order valence-electron chi connectivity index (χ1n) is 6.41. The maximum absolute atomic E-state index is 14.3. The first kappa shape index (κ1) is 15.0. The van der Waals surface area contributed by atoms with E-state index in [-0.39, 0.29) is 11.5 Å². The van der Waals surface area contributed by atoms with E-state index in [4.69, 9.17) is 0 Å². The Balaban J connectivity index is 2.59. The maximum Gasteiger partial charge on any atom is 0.134 e. The molecule has 1 atom stereocenters. The van der Waals surface area contributed by atoms with Crippen LogP contribution in [-0.4, -0.2) is 16.6 Å². The van der Waals surface area contributed by atoms with E-state index in [9.17, 15) is 8.78 Å². The lowest BCUT2D eigenvalue weighted by molar-refractivity contribution is 0.517. The van der Waals surface area contributed by atoms with Crippen LogP contribution in [0.4, 0.5) is 8.78 Å². The highest BCUT2D eigenvalue weighted by Gasteiger charge is 2.27. The minimum absolute atomic E-state index is 0.0282. The van der Waals surface area contributed by atoms with E-state index in [2.05, 4.69) is 14.9 Å². The Morgan fingerprint density at radius 2 is 1.95 bits per heavy atom. The zero-order valence-electron chi connectivity index (χ0n) is 11.9. The number of hydrogen-bond acceptors (Lipinski definition) is 4. The Hall–Kier alpha value is -1.40. The van der Waals surface area contributed by atoms with Crippen LogP contribution in [0.25, 0.3) is 0 Å². The Labute approximate surface area is 121 Å². The number of nitrogens with one attached hydrogen (secondary N) is 1. The molecule has 2 aromatic rings. The van der Waals surface area contributed by atoms with Gasteiger partial charge in [0.1, 0.15) is 11.6 Å². The highest BCUT2D eigenvalue weighted by Crippen LogP contribution is 2.33. The molecule has 1 heterocycles. The van der Waals surface area contributed by atoms with Crippen LogP contribution < -0.4 is 5.32 Å². The summed E-state index contributed by atoms with van der Waals surface area (Å²) in [5, 5.41) is 7.05. The number of benzene rings is 1. The number of rotatable bonds is 4. The van der Waals surface area contributed by atoms with Crippen LogP contribution in [0.15, 0.2) is 12.1 Å². The molecule has 0 saturated heterocycles. The van der Waals surface area contributed by atoms with Crippen molar-refractivity contribution in [3.05, 3.63) is 45.5 Å². The molecule has 1 aromatic carbocycles. The average molecular weight is 297 g/mol. The fraction of sp³-hybridized carbons (Fsp3) is 0.429. The van der Waals surface area contributed by atoms with Crippen LogP contribution in [0.1, 0.15) is 47.5 Å². The minimum Gasteiger partial charge on any atom is -0.308 e. The largest absolute Gasteiger partial charge is 0.308 e. The second kappa shape index (κ2) is 5.93. The van der Waals surface area contributed by atoms with Crippen LogP contribution in [0, 0.1) is 18.6 Å². The predicted octanol–water partition coefficient (Wildman–Crippen LogP) is 3.56. The second-order valence-electron chi connectivity index (χ2n) is 4.99. The van der Waals surface area contributed by atoms with E-state index in [0.717, 1.165) is 10.6 Å². The van der Waals surface area contributed by atoms with E-state index >= 15 is 0 Å². The lowest BCUT2D eigenvalue weighted by Gasteiger charge is -2.19. The van der Waals surface area contributed by atoms with Gasteiger partial charge in [-0.25, -0.2) is 8.78 Å². The summed E-state index contributed by atoms with van der Waals surface area (Å²) in [4.78, 5) is 0.755. The summed E-state index contributed by atoms with van der Waals surface area (Å²) in [6, 6.07) is 2.16. The van der Waals surface area contributed by atoms with Crippen molar-refractivity contribution in [2.24, 2.45) is 0 Å². The van der Waals surface area contributed by atoms with Crippen molar-refractivity contribution >= 4 is 11.5 Å². The van der Waals surface area contributed by atoms with Crippen molar-refractivity contribution in [1.29, 1.82) is 0 Å². The van der Waals surface area contributed by atoms with Gasteiger partial charge >= 0.3 is 0 Å². The van der Waals surface area contributed by atoms with E-state index in [1.165, 1.54) is 23.7 Å². The number of aryl methyl sites for hydroxylation is 1. The molecule has 0 fully saturated rings. The van der Waals surface area contributed by atoms with Crippen LogP contribution in [0.5, 0.6) is 0 Å². The van der Waals surface area contributed by atoms with Gasteiger partial charge < -0.3 is 5.32 Å². The smallest absolute Gasteiger partial charge is 0.134 e. The third-order valence-electron chi connectivity index (χ3n) is 3.25. The Morgan fingerprint density at radius 3 is 2.55 bits per heavy atom. The molecule has 0 saturated carbocycles. The molecule has 0 spiro atoms. The fourth-order valence-corrected chi connectivity index (χ4v) is 3.08. The Bertz CT molecular complexity index is 610. The number of nitrogens with zero attached hydrogens (tertiary/aromatic N) is 2. The van der Waals surface area contributed by atoms with Crippen molar-refractivity contribution in [2.45, 2.75) is 32.7 Å². The van der Waals surface area contributed by atoms with Gasteiger partial charge in [0.05, 0.1) is 16.6 Å². The molecule has 0 amide bonds. The highest BCUT2D eigenvalue weighted by atomic mass is 32.1. The lowest BCUT2D eigenvalue weighted by Crippen LogP contribution is -2.21. The van der Waals surface area contributed by atoms with Gasteiger partial charge in [0.15, 0.2) is 0 Å². The summed E-state index contributed by atoms with van der Waals surface area (Å²) < 4.78 is 32.3. The van der Waals surface area contributed by atoms with Crippen molar-refractivity contribution < 1.29 is 8.78 Å². The molecular weight excluding hydrogens is 280 g/mol. The summed E-state index contributed by atoms with van der Waals surface area (Å²) in [5.41, 5.74) is 1.22. The van der Waals surface area contributed by atoms with Gasteiger partial charge in [-0.05, 0) is 43.1 Å². The van der Waals surface area contributed by atoms with Gasteiger partial charge in [0.2, 0.25) is 0 Å². The summed E-state index contributed by atoms with van der Waals surface area (Å²) in [6.07, 6.45) is 0. The van der Waals surface area contributed by atoms with Crippen LogP contribution in [0.3, 0.4) is 0 Å². The van der Waals surface area contributed by atoms with Gasteiger partial charge in [-0.3, -0.25) is 0 Å². The van der Waals surface area contributed by atoms with Gasteiger partial charge in [-0.2, -0.15) is 0 Å². The van der Waals surface area contributed by atoms with Crippen molar-refractivity contribution in [1.82, 2.24) is 14.9 Å². The van der Waals surface area contributed by atoms with Crippen LogP contribution in [0.2, 0.25) is 0 Å². The minimum atomic E-state index is -0.577. The Kier molecular flexibility index (Phi) is 4.45. The molecule has 0 aliphatic carbocycles. The topological polar surface area (TPSA) is 37.8 Å². The molecule has 108 valence electrons. The van der Waals surface area contributed by atoms with Crippen molar-refractivity contribution in [3.8, 4) is 0 Å². The van der Waals surface area contributed by atoms with Gasteiger partial charge in [-0.15, -0.1) is 5.10 Å². The molecule has 1 N–H and O–H groups in total. The third-order valence-corrected chi connectivity index (χ3v) is 4.05. The molecular formula is C14H17F2N3S. The first-order chi connectivity index (χ1) is 9.47. The molecule has 0 aliphatic rings. The average Bonchev–Trinajstić information content (AvgIpc) is 2.88. The number of halogens is 2. The highest BCUT2D eigenvalue weighted by molar-refractivity contribution is 7.05. The molecule has 6 heteroatoms. The normalized spacial score (nSPS) is 12.9. The number of aromatic nitrogens is 2. The molecule has 2 rings (SSSR count). The van der Waals surface area contributed by atoms with Crippen LogP contribution >= 0.6 is 11.5 Å². The predicted molar refractivity (Wildman–Crippen MR) is 76.0 cm³/mol. The zero-order valence-corrected chi connectivity index (χ0v) is 12.7. The summed E-state index contributed by atoms with van der Waals surface area (Å²) >= 11 is 1.17. The lowest BCUT2D eigenvalue weighted by atomic mass is 9.98. The fourth-order valence-electron chi connectivity index (χ4n) is 2.15. The molecule has 1 aromatic heterocycles. The van der Waals surface area contributed by atoms with Gasteiger partial charge in [0, 0.05) is 5.56 Å². The summed E-state index contributed by atoms with van der Waals surface area (Å²) in [5.74, 6) is -0.932. The quantitative estimate of drug-likeness (QED) is 0.937. The maximum atomic E-state index is 14.3. The SMILES string of the molecule is CNC(c1snnc1C(C)C)c1c(F)ccc(C)c1F.